The fourth-order valence-corrected chi connectivity index (χ4v) is 4.99. The first-order valence-corrected chi connectivity index (χ1v) is 7.15. The Morgan fingerprint density at radius 3 is 3.00 bits per heavy atom. The number of hydrogen-bond donors (Lipinski definition) is 1. The molecule has 0 aromatic heterocycles. The monoisotopic (exact) mass is 264 g/mol. The molecule has 4 heteroatoms. The lowest BCUT2D eigenvalue weighted by molar-refractivity contribution is -0.212. The lowest BCUT2D eigenvalue weighted by Crippen LogP contribution is -2.56. The molecule has 4 nitrogen and oxygen atoms in total. The van der Waals surface area contributed by atoms with Gasteiger partial charge in [-0.15, -0.1) is 0 Å². The molecule has 0 radical (unpaired) electrons. The van der Waals surface area contributed by atoms with Crippen molar-refractivity contribution >= 4 is 5.78 Å². The molecule has 5 atom stereocenters. The topological polar surface area (TPSA) is 55.8 Å². The van der Waals surface area contributed by atoms with Crippen molar-refractivity contribution in [3.05, 3.63) is 11.6 Å². The fourth-order valence-electron chi connectivity index (χ4n) is 4.99. The molecule has 0 aromatic rings. The van der Waals surface area contributed by atoms with Crippen LogP contribution in [-0.2, 0) is 14.3 Å². The van der Waals surface area contributed by atoms with E-state index in [9.17, 15) is 9.90 Å². The van der Waals surface area contributed by atoms with E-state index in [1.54, 1.807) is 0 Å². The van der Waals surface area contributed by atoms with E-state index in [0.717, 1.165) is 12.8 Å². The molecule has 2 heterocycles. The summed E-state index contributed by atoms with van der Waals surface area (Å²) in [5.41, 5.74) is 0.563. The Balaban J connectivity index is 1.88. The van der Waals surface area contributed by atoms with Crippen molar-refractivity contribution in [1.82, 2.24) is 0 Å². The van der Waals surface area contributed by atoms with Crippen molar-refractivity contribution in [2.24, 2.45) is 22.7 Å². The smallest absolute Gasteiger partial charge is 0.168 e. The SMILES string of the molecule is CC1(C)C(=O)CCC23C(O)OC4OCC(=CCC12)C43. The van der Waals surface area contributed by atoms with Crippen LogP contribution in [0.5, 0.6) is 0 Å². The van der Waals surface area contributed by atoms with Gasteiger partial charge in [-0.1, -0.05) is 19.9 Å². The summed E-state index contributed by atoms with van der Waals surface area (Å²) in [6.07, 6.45) is 3.22. The Kier molecular flexibility index (Phi) is 2.21. The quantitative estimate of drug-likeness (QED) is 0.676. The number of ether oxygens (including phenoxy) is 2. The lowest BCUT2D eigenvalue weighted by atomic mass is 9.48. The maximum atomic E-state index is 12.3. The molecule has 2 saturated heterocycles. The molecule has 2 aliphatic heterocycles. The average molecular weight is 264 g/mol. The number of rotatable bonds is 0. The highest BCUT2D eigenvalue weighted by atomic mass is 16.7. The highest BCUT2D eigenvalue weighted by molar-refractivity contribution is 5.85. The number of ketones is 1. The lowest BCUT2D eigenvalue weighted by Gasteiger charge is -2.54. The average Bonchev–Trinajstić information content (AvgIpc) is 2.89. The predicted molar refractivity (Wildman–Crippen MR) is 67.0 cm³/mol. The highest BCUT2D eigenvalue weighted by Crippen LogP contribution is 2.65. The fraction of sp³-hybridized carbons (Fsp3) is 0.800. The predicted octanol–water partition coefficient (Wildman–Crippen LogP) is 1.63. The Hall–Kier alpha value is -0.710. The van der Waals surface area contributed by atoms with Crippen molar-refractivity contribution in [3.8, 4) is 0 Å². The summed E-state index contributed by atoms with van der Waals surface area (Å²) in [5, 5.41) is 10.5. The zero-order chi connectivity index (χ0) is 13.4. The maximum absolute atomic E-state index is 12.3. The third-order valence-corrected chi connectivity index (χ3v) is 6.03. The van der Waals surface area contributed by atoms with Crippen LogP contribution in [-0.4, -0.2) is 30.1 Å². The van der Waals surface area contributed by atoms with Gasteiger partial charge in [0.15, 0.2) is 12.6 Å². The zero-order valence-electron chi connectivity index (χ0n) is 11.4. The van der Waals surface area contributed by atoms with Crippen LogP contribution >= 0.6 is 0 Å². The molecule has 4 rings (SSSR count). The molecule has 4 aliphatic rings. The van der Waals surface area contributed by atoms with Crippen molar-refractivity contribution in [2.75, 3.05) is 6.61 Å². The van der Waals surface area contributed by atoms with Crippen LogP contribution in [0.2, 0.25) is 0 Å². The first kappa shape index (κ1) is 12.1. The third-order valence-electron chi connectivity index (χ3n) is 6.03. The molecule has 3 fully saturated rings. The molecule has 1 N–H and O–H groups in total. The van der Waals surface area contributed by atoms with Crippen molar-refractivity contribution in [2.45, 2.75) is 45.7 Å². The number of carbonyl (C=O) groups excluding carboxylic acids is 1. The van der Waals surface area contributed by atoms with Crippen molar-refractivity contribution < 1.29 is 19.4 Å². The molecule has 0 amide bonds. The Morgan fingerprint density at radius 1 is 1.42 bits per heavy atom. The normalized spacial score (nSPS) is 50.7. The third kappa shape index (κ3) is 1.23. The molecular formula is C15H20O4. The van der Waals surface area contributed by atoms with Gasteiger partial charge in [-0.25, -0.2) is 0 Å². The van der Waals surface area contributed by atoms with E-state index in [4.69, 9.17) is 9.47 Å². The molecule has 104 valence electrons. The highest BCUT2D eigenvalue weighted by Gasteiger charge is 2.69. The van der Waals surface area contributed by atoms with E-state index in [1.807, 2.05) is 13.8 Å². The van der Waals surface area contributed by atoms with Gasteiger partial charge in [0, 0.05) is 23.2 Å². The summed E-state index contributed by atoms with van der Waals surface area (Å²) in [7, 11) is 0. The molecule has 19 heavy (non-hydrogen) atoms. The van der Waals surface area contributed by atoms with Gasteiger partial charge in [0.2, 0.25) is 0 Å². The standard InChI is InChI=1S/C15H20O4/c1-14(2)9-4-3-8-7-18-12-11(8)15(9,13(17)19-12)6-5-10(14)16/h3,9,11-13,17H,4-7H2,1-2H3. The van der Waals surface area contributed by atoms with Crippen molar-refractivity contribution in [1.29, 1.82) is 0 Å². The van der Waals surface area contributed by atoms with E-state index in [2.05, 4.69) is 6.08 Å². The minimum absolute atomic E-state index is 0.147. The van der Waals surface area contributed by atoms with E-state index in [-0.39, 0.29) is 29.0 Å². The van der Waals surface area contributed by atoms with Gasteiger partial charge in [-0.05, 0) is 24.3 Å². The second-order valence-electron chi connectivity index (χ2n) is 6.97. The van der Waals surface area contributed by atoms with Crippen LogP contribution in [0.3, 0.4) is 0 Å². The van der Waals surface area contributed by atoms with Gasteiger partial charge in [0.25, 0.3) is 0 Å². The van der Waals surface area contributed by atoms with Crippen LogP contribution in [0.1, 0.15) is 33.1 Å². The number of carbonyl (C=O) groups is 1. The van der Waals surface area contributed by atoms with Crippen LogP contribution in [0.15, 0.2) is 11.6 Å². The molecule has 0 aromatic carbocycles. The van der Waals surface area contributed by atoms with E-state index >= 15 is 0 Å². The molecule has 1 spiro atoms. The zero-order valence-corrected chi connectivity index (χ0v) is 11.4. The first-order valence-electron chi connectivity index (χ1n) is 7.15. The van der Waals surface area contributed by atoms with Crippen LogP contribution in [0, 0.1) is 22.7 Å². The summed E-state index contributed by atoms with van der Waals surface area (Å²) < 4.78 is 11.3. The molecule has 5 unspecified atom stereocenters. The van der Waals surface area contributed by atoms with Gasteiger partial charge in [-0.3, -0.25) is 4.79 Å². The van der Waals surface area contributed by atoms with E-state index in [1.165, 1.54) is 5.57 Å². The minimum atomic E-state index is -0.802. The Labute approximate surface area is 112 Å². The van der Waals surface area contributed by atoms with E-state index in [0.29, 0.717) is 18.8 Å². The Bertz CT molecular complexity index is 481. The molecule has 0 bridgehead atoms. The largest absolute Gasteiger partial charge is 0.367 e. The summed E-state index contributed by atoms with van der Waals surface area (Å²) in [6, 6.07) is 0. The number of aliphatic hydroxyl groups excluding tert-OH is 1. The number of Topliss-reactive ketones (excluding diaryl/α,β-unsaturated/α-hetero) is 1. The minimum Gasteiger partial charge on any atom is -0.367 e. The summed E-state index contributed by atoms with van der Waals surface area (Å²) in [5.74, 6) is 0.611. The second-order valence-corrected chi connectivity index (χ2v) is 6.97. The van der Waals surface area contributed by atoms with E-state index < -0.39 is 6.29 Å². The van der Waals surface area contributed by atoms with Crippen molar-refractivity contribution in [3.63, 3.8) is 0 Å². The molecular weight excluding hydrogens is 244 g/mol. The van der Waals surface area contributed by atoms with Gasteiger partial charge in [0.05, 0.1) is 6.61 Å². The molecule has 1 saturated carbocycles. The van der Waals surface area contributed by atoms with Gasteiger partial charge >= 0.3 is 0 Å². The molecule has 2 aliphatic carbocycles. The van der Waals surface area contributed by atoms with Crippen LogP contribution < -0.4 is 0 Å². The van der Waals surface area contributed by atoms with Crippen LogP contribution in [0.4, 0.5) is 0 Å². The number of allylic oxidation sites excluding steroid dienone is 1. The van der Waals surface area contributed by atoms with Gasteiger partial charge in [0.1, 0.15) is 5.78 Å². The maximum Gasteiger partial charge on any atom is 0.168 e. The van der Waals surface area contributed by atoms with Crippen LogP contribution in [0.25, 0.3) is 0 Å². The van der Waals surface area contributed by atoms with Gasteiger partial charge in [-0.2, -0.15) is 0 Å². The summed E-state index contributed by atoms with van der Waals surface area (Å²) in [4.78, 5) is 12.3. The summed E-state index contributed by atoms with van der Waals surface area (Å²) >= 11 is 0. The summed E-state index contributed by atoms with van der Waals surface area (Å²) in [6.45, 7) is 4.66. The first-order chi connectivity index (χ1) is 8.98. The number of hydrogen-bond acceptors (Lipinski definition) is 4. The second kappa shape index (κ2) is 3.48. The number of aliphatic hydroxyl groups is 1. The Morgan fingerprint density at radius 2 is 2.21 bits per heavy atom. The van der Waals surface area contributed by atoms with Gasteiger partial charge < -0.3 is 14.6 Å².